The van der Waals surface area contributed by atoms with Crippen LogP contribution in [0.15, 0.2) is 18.2 Å². The molecule has 0 spiro atoms. The summed E-state index contributed by atoms with van der Waals surface area (Å²) in [5.41, 5.74) is 6.59. The Bertz CT molecular complexity index is 562. The fourth-order valence-electron chi connectivity index (χ4n) is 2.19. The number of nitrogens with one attached hydrogen (secondary N) is 1. The molecule has 20 heavy (non-hydrogen) atoms. The van der Waals surface area contributed by atoms with Crippen LogP contribution in [0.3, 0.4) is 0 Å². The van der Waals surface area contributed by atoms with Gasteiger partial charge in [0.1, 0.15) is 5.82 Å². The Balaban J connectivity index is 2.15. The largest absolute Gasteiger partial charge is 0.353 e. The number of benzene rings is 1. The molecule has 0 aromatic heterocycles. The van der Waals surface area contributed by atoms with Gasteiger partial charge in [-0.05, 0) is 24.6 Å². The molecule has 1 amide bonds. The van der Waals surface area contributed by atoms with E-state index in [0.717, 1.165) is 12.1 Å². The van der Waals surface area contributed by atoms with E-state index in [1.165, 1.54) is 6.07 Å². The summed E-state index contributed by atoms with van der Waals surface area (Å²) in [7, 11) is 0. The molecule has 1 aliphatic rings. The summed E-state index contributed by atoms with van der Waals surface area (Å²) in [6.45, 7) is 4.10. The van der Waals surface area contributed by atoms with E-state index < -0.39 is 0 Å². The van der Waals surface area contributed by atoms with E-state index in [4.69, 9.17) is 5.73 Å². The highest BCUT2D eigenvalue weighted by molar-refractivity contribution is 5.81. The molecule has 1 fully saturated rings. The van der Waals surface area contributed by atoms with Gasteiger partial charge in [0.2, 0.25) is 5.91 Å². The van der Waals surface area contributed by atoms with Gasteiger partial charge >= 0.3 is 0 Å². The summed E-state index contributed by atoms with van der Waals surface area (Å²) in [5.74, 6) is 5.06. The third-order valence-electron chi connectivity index (χ3n) is 3.37. The molecule has 3 N–H and O–H groups in total. The van der Waals surface area contributed by atoms with Crippen molar-refractivity contribution in [2.75, 3.05) is 19.6 Å². The summed E-state index contributed by atoms with van der Waals surface area (Å²) in [5, 5.41) is 2.82. The summed E-state index contributed by atoms with van der Waals surface area (Å²) >= 11 is 0. The van der Waals surface area contributed by atoms with Gasteiger partial charge in [-0.3, -0.25) is 9.69 Å². The highest BCUT2D eigenvalue weighted by Gasteiger charge is 2.25. The Morgan fingerprint density at radius 2 is 2.35 bits per heavy atom. The second-order valence-corrected chi connectivity index (χ2v) is 4.76. The van der Waals surface area contributed by atoms with Gasteiger partial charge in [0.05, 0.1) is 18.2 Å². The predicted molar refractivity (Wildman–Crippen MR) is 75.2 cm³/mol. The maximum atomic E-state index is 13.6. The average Bonchev–Trinajstić information content (AvgIpc) is 2.44. The number of rotatable bonds is 2. The maximum absolute atomic E-state index is 13.6. The second-order valence-electron chi connectivity index (χ2n) is 4.76. The Morgan fingerprint density at radius 1 is 1.55 bits per heavy atom. The molecule has 1 heterocycles. The molecule has 0 saturated carbocycles. The Kier molecular flexibility index (Phi) is 4.72. The molecule has 0 aliphatic carbocycles. The van der Waals surface area contributed by atoms with Crippen LogP contribution in [0.25, 0.3) is 0 Å². The Morgan fingerprint density at radius 3 is 3.10 bits per heavy atom. The van der Waals surface area contributed by atoms with E-state index >= 15 is 0 Å². The molecule has 1 aromatic carbocycles. The maximum Gasteiger partial charge on any atom is 0.237 e. The van der Waals surface area contributed by atoms with Crippen LogP contribution in [0.1, 0.15) is 18.1 Å². The first-order valence-corrected chi connectivity index (χ1v) is 6.61. The van der Waals surface area contributed by atoms with Crippen LogP contribution in [0.2, 0.25) is 0 Å². The fourth-order valence-corrected chi connectivity index (χ4v) is 2.19. The lowest BCUT2D eigenvalue weighted by Gasteiger charge is -2.32. The monoisotopic (exact) mass is 275 g/mol. The molecule has 5 heteroatoms. The van der Waals surface area contributed by atoms with E-state index in [1.807, 2.05) is 6.92 Å². The Hall–Kier alpha value is -1.90. The summed E-state index contributed by atoms with van der Waals surface area (Å²) in [4.78, 5) is 13.7. The number of nitrogens with zero attached hydrogens (tertiary/aromatic N) is 1. The first-order valence-electron chi connectivity index (χ1n) is 6.61. The number of piperazine rings is 1. The minimum absolute atomic E-state index is 0.0292. The van der Waals surface area contributed by atoms with Crippen molar-refractivity contribution in [2.24, 2.45) is 5.73 Å². The zero-order chi connectivity index (χ0) is 14.5. The quantitative estimate of drug-likeness (QED) is 0.771. The van der Waals surface area contributed by atoms with Crippen LogP contribution in [0.4, 0.5) is 4.39 Å². The molecule has 1 aromatic rings. The number of carbonyl (C=O) groups excluding carboxylic acids is 1. The summed E-state index contributed by atoms with van der Waals surface area (Å²) in [6.07, 6.45) is 0. The van der Waals surface area contributed by atoms with Crippen LogP contribution < -0.4 is 11.1 Å². The number of halogens is 1. The van der Waals surface area contributed by atoms with Crippen molar-refractivity contribution in [1.82, 2.24) is 10.2 Å². The van der Waals surface area contributed by atoms with Crippen LogP contribution in [-0.2, 0) is 11.3 Å². The first-order chi connectivity index (χ1) is 9.61. The first kappa shape index (κ1) is 14.5. The van der Waals surface area contributed by atoms with Gasteiger partial charge in [0, 0.05) is 19.6 Å². The lowest BCUT2D eigenvalue weighted by atomic mass is 10.1. The van der Waals surface area contributed by atoms with Gasteiger partial charge < -0.3 is 11.1 Å². The highest BCUT2D eigenvalue weighted by atomic mass is 19.1. The van der Waals surface area contributed by atoms with Crippen molar-refractivity contribution in [3.8, 4) is 11.8 Å². The third kappa shape index (κ3) is 3.35. The van der Waals surface area contributed by atoms with Gasteiger partial charge in [-0.2, -0.15) is 0 Å². The van der Waals surface area contributed by atoms with Crippen molar-refractivity contribution < 1.29 is 9.18 Å². The van der Waals surface area contributed by atoms with Crippen LogP contribution in [-0.4, -0.2) is 36.5 Å². The van der Waals surface area contributed by atoms with Gasteiger partial charge in [-0.1, -0.05) is 17.9 Å². The van der Waals surface area contributed by atoms with Crippen LogP contribution in [0, 0.1) is 17.7 Å². The van der Waals surface area contributed by atoms with E-state index in [-0.39, 0.29) is 24.3 Å². The molecular weight excluding hydrogens is 257 g/mol. The minimum atomic E-state index is -0.348. The van der Waals surface area contributed by atoms with Crippen molar-refractivity contribution in [1.29, 1.82) is 0 Å². The summed E-state index contributed by atoms with van der Waals surface area (Å²) < 4.78 is 13.6. The highest BCUT2D eigenvalue weighted by Crippen LogP contribution is 2.14. The topological polar surface area (TPSA) is 58.4 Å². The molecule has 0 bridgehead atoms. The van der Waals surface area contributed by atoms with E-state index in [0.29, 0.717) is 18.7 Å². The molecule has 2 rings (SSSR count). The van der Waals surface area contributed by atoms with E-state index in [2.05, 4.69) is 22.1 Å². The minimum Gasteiger partial charge on any atom is -0.353 e. The summed E-state index contributed by atoms with van der Waals surface area (Å²) in [6, 6.07) is 4.68. The number of nitrogens with two attached hydrogens (primary N) is 1. The number of amides is 1. The van der Waals surface area contributed by atoms with Crippen molar-refractivity contribution in [3.05, 3.63) is 35.1 Å². The van der Waals surface area contributed by atoms with Crippen LogP contribution in [0.5, 0.6) is 0 Å². The van der Waals surface area contributed by atoms with Crippen LogP contribution >= 0.6 is 0 Å². The second kappa shape index (κ2) is 6.51. The standard InChI is InChI=1S/C15H18FN3O/c1-11-15(20)18-7-8-19(11)10-12-4-5-14(16)13(9-12)3-2-6-17/h4-5,9,11H,6-8,10,17H2,1H3,(H,18,20). The predicted octanol–water partition coefficient (Wildman–Crippen LogP) is 0.456. The SMILES string of the molecule is CC1C(=O)NCCN1Cc1ccc(F)c(C#CCN)c1. The molecule has 1 saturated heterocycles. The molecule has 4 nitrogen and oxygen atoms in total. The molecular formula is C15H18FN3O. The molecule has 1 unspecified atom stereocenters. The number of hydrogen-bond acceptors (Lipinski definition) is 3. The molecule has 0 radical (unpaired) electrons. The fraction of sp³-hybridized carbons (Fsp3) is 0.400. The van der Waals surface area contributed by atoms with Crippen molar-refractivity contribution >= 4 is 5.91 Å². The Labute approximate surface area is 118 Å². The number of carbonyl (C=O) groups is 1. The molecule has 106 valence electrons. The van der Waals surface area contributed by atoms with Crippen molar-refractivity contribution in [2.45, 2.75) is 19.5 Å². The smallest absolute Gasteiger partial charge is 0.237 e. The van der Waals surface area contributed by atoms with Gasteiger partial charge in [-0.15, -0.1) is 0 Å². The average molecular weight is 275 g/mol. The third-order valence-corrected chi connectivity index (χ3v) is 3.37. The zero-order valence-electron chi connectivity index (χ0n) is 11.4. The molecule has 1 atom stereocenters. The van der Waals surface area contributed by atoms with Gasteiger partial charge in [-0.25, -0.2) is 4.39 Å². The molecule has 1 aliphatic heterocycles. The van der Waals surface area contributed by atoms with Gasteiger partial charge in [0.15, 0.2) is 0 Å². The van der Waals surface area contributed by atoms with E-state index in [1.54, 1.807) is 12.1 Å². The number of hydrogen-bond donors (Lipinski definition) is 2. The normalized spacial score (nSPS) is 19.1. The lowest BCUT2D eigenvalue weighted by molar-refractivity contribution is -0.128. The lowest BCUT2D eigenvalue weighted by Crippen LogP contribution is -2.53. The van der Waals surface area contributed by atoms with Gasteiger partial charge in [0.25, 0.3) is 0 Å². The van der Waals surface area contributed by atoms with E-state index in [9.17, 15) is 9.18 Å². The van der Waals surface area contributed by atoms with Crippen molar-refractivity contribution in [3.63, 3.8) is 0 Å². The zero-order valence-corrected chi connectivity index (χ0v) is 11.4.